The van der Waals surface area contributed by atoms with Crippen molar-refractivity contribution >= 4 is 11.8 Å². The molecule has 0 spiro atoms. The third kappa shape index (κ3) is 4.45. The summed E-state index contributed by atoms with van der Waals surface area (Å²) in [6, 6.07) is 6.79. The Labute approximate surface area is 106 Å². The molecule has 0 aliphatic heterocycles. The number of nitrogens with one attached hydrogen (secondary N) is 1. The Balaban J connectivity index is 2.56. The number of hydrogen-bond donors (Lipinski definition) is 2. The highest BCUT2D eigenvalue weighted by molar-refractivity contribution is 5.94. The quantitative estimate of drug-likeness (QED) is 0.792. The van der Waals surface area contributed by atoms with Crippen molar-refractivity contribution < 1.29 is 14.3 Å². The maximum atomic E-state index is 11.9. The van der Waals surface area contributed by atoms with Crippen molar-refractivity contribution in [3.8, 4) is 5.75 Å². The summed E-state index contributed by atoms with van der Waals surface area (Å²) in [7, 11) is 1.55. The average molecular weight is 250 g/mol. The molecular weight excluding hydrogens is 232 g/mol. The van der Waals surface area contributed by atoms with Crippen LogP contribution < -0.4 is 15.8 Å². The molecule has 3 N–H and O–H groups in total. The van der Waals surface area contributed by atoms with Gasteiger partial charge in [0.25, 0.3) is 5.91 Å². The highest BCUT2D eigenvalue weighted by atomic mass is 16.5. The molecular formula is C13H18N2O3. The number of hydrogen-bond acceptors (Lipinski definition) is 3. The minimum absolute atomic E-state index is 0.101. The Kier molecular flexibility index (Phi) is 5.17. The van der Waals surface area contributed by atoms with Crippen molar-refractivity contribution in [2.75, 3.05) is 7.11 Å². The Bertz CT molecular complexity index is 432. The number of benzene rings is 1. The van der Waals surface area contributed by atoms with E-state index in [-0.39, 0.29) is 24.3 Å². The second kappa shape index (κ2) is 6.64. The van der Waals surface area contributed by atoms with Gasteiger partial charge in [-0.1, -0.05) is 6.07 Å². The van der Waals surface area contributed by atoms with Crippen molar-refractivity contribution in [1.29, 1.82) is 0 Å². The number of amides is 2. The van der Waals surface area contributed by atoms with Gasteiger partial charge in [0.2, 0.25) is 5.91 Å². The van der Waals surface area contributed by atoms with E-state index in [2.05, 4.69) is 5.32 Å². The molecule has 18 heavy (non-hydrogen) atoms. The first-order valence-corrected chi connectivity index (χ1v) is 5.76. The zero-order valence-corrected chi connectivity index (χ0v) is 10.6. The molecule has 0 saturated heterocycles. The molecule has 0 bridgehead atoms. The highest BCUT2D eigenvalue weighted by Crippen LogP contribution is 2.12. The van der Waals surface area contributed by atoms with Crippen molar-refractivity contribution in [3.63, 3.8) is 0 Å². The summed E-state index contributed by atoms with van der Waals surface area (Å²) in [5, 5.41) is 2.80. The van der Waals surface area contributed by atoms with E-state index in [1.165, 1.54) is 0 Å². The maximum Gasteiger partial charge on any atom is 0.251 e. The normalized spacial score (nSPS) is 11.7. The molecule has 1 aromatic carbocycles. The Morgan fingerprint density at radius 1 is 1.44 bits per heavy atom. The summed E-state index contributed by atoms with van der Waals surface area (Å²) < 4.78 is 5.05. The van der Waals surface area contributed by atoms with Crippen molar-refractivity contribution in [1.82, 2.24) is 5.32 Å². The van der Waals surface area contributed by atoms with E-state index in [1.54, 1.807) is 31.4 Å². The molecule has 0 saturated carbocycles. The van der Waals surface area contributed by atoms with E-state index in [1.807, 2.05) is 6.92 Å². The van der Waals surface area contributed by atoms with Crippen LogP contribution in [-0.2, 0) is 4.79 Å². The summed E-state index contributed by atoms with van der Waals surface area (Å²) in [5.41, 5.74) is 5.58. The van der Waals surface area contributed by atoms with E-state index in [0.29, 0.717) is 17.7 Å². The van der Waals surface area contributed by atoms with Crippen molar-refractivity contribution in [2.45, 2.75) is 25.8 Å². The van der Waals surface area contributed by atoms with Crippen LogP contribution in [0.3, 0.4) is 0 Å². The Morgan fingerprint density at radius 3 is 2.78 bits per heavy atom. The van der Waals surface area contributed by atoms with Gasteiger partial charge in [-0.25, -0.2) is 0 Å². The van der Waals surface area contributed by atoms with Gasteiger partial charge in [-0.2, -0.15) is 0 Å². The number of nitrogens with two attached hydrogens (primary N) is 1. The first-order valence-electron chi connectivity index (χ1n) is 5.76. The molecule has 0 fully saturated rings. The summed E-state index contributed by atoms with van der Waals surface area (Å²) in [5.74, 6) is 0.0794. The van der Waals surface area contributed by atoms with Crippen LogP contribution in [0.25, 0.3) is 0 Å². The van der Waals surface area contributed by atoms with Crippen LogP contribution in [-0.4, -0.2) is 25.0 Å². The monoisotopic (exact) mass is 250 g/mol. The van der Waals surface area contributed by atoms with E-state index in [4.69, 9.17) is 10.5 Å². The lowest BCUT2D eigenvalue weighted by atomic mass is 10.1. The van der Waals surface area contributed by atoms with Gasteiger partial charge in [-0.3, -0.25) is 9.59 Å². The zero-order valence-electron chi connectivity index (χ0n) is 10.6. The van der Waals surface area contributed by atoms with Gasteiger partial charge >= 0.3 is 0 Å². The van der Waals surface area contributed by atoms with E-state index in [0.717, 1.165) is 0 Å². The van der Waals surface area contributed by atoms with E-state index < -0.39 is 0 Å². The van der Waals surface area contributed by atoms with Gasteiger partial charge in [0.1, 0.15) is 5.75 Å². The fourth-order valence-corrected chi connectivity index (χ4v) is 1.50. The average Bonchev–Trinajstić information content (AvgIpc) is 2.36. The van der Waals surface area contributed by atoms with Crippen LogP contribution in [0.1, 0.15) is 30.1 Å². The molecule has 1 aromatic rings. The number of carbonyl (C=O) groups is 2. The lowest BCUT2D eigenvalue weighted by Crippen LogP contribution is -2.33. The summed E-state index contributed by atoms with van der Waals surface area (Å²) in [6.45, 7) is 1.83. The van der Waals surface area contributed by atoms with Gasteiger partial charge in [0.15, 0.2) is 0 Å². The number of ether oxygens (including phenoxy) is 1. The number of methoxy groups -OCH3 is 1. The minimum Gasteiger partial charge on any atom is -0.497 e. The lowest BCUT2D eigenvalue weighted by molar-refractivity contribution is -0.118. The first-order chi connectivity index (χ1) is 8.52. The molecule has 2 amide bonds. The maximum absolute atomic E-state index is 11.9. The van der Waals surface area contributed by atoms with Crippen LogP contribution in [0.4, 0.5) is 0 Å². The third-order valence-electron chi connectivity index (χ3n) is 2.53. The number of rotatable bonds is 6. The molecule has 1 unspecified atom stereocenters. The summed E-state index contributed by atoms with van der Waals surface area (Å²) in [6.07, 6.45) is 0.796. The summed E-state index contributed by atoms with van der Waals surface area (Å²) >= 11 is 0. The second-order valence-electron chi connectivity index (χ2n) is 4.11. The zero-order chi connectivity index (χ0) is 13.5. The molecule has 98 valence electrons. The van der Waals surface area contributed by atoms with Crippen LogP contribution in [0.15, 0.2) is 24.3 Å². The molecule has 5 heteroatoms. The van der Waals surface area contributed by atoms with Gasteiger partial charge in [-0.15, -0.1) is 0 Å². The van der Waals surface area contributed by atoms with Gasteiger partial charge in [-0.05, 0) is 31.5 Å². The van der Waals surface area contributed by atoms with E-state index >= 15 is 0 Å². The molecule has 0 aliphatic carbocycles. The smallest absolute Gasteiger partial charge is 0.251 e. The molecule has 0 heterocycles. The molecule has 5 nitrogen and oxygen atoms in total. The Morgan fingerprint density at radius 2 is 2.17 bits per heavy atom. The molecule has 0 radical (unpaired) electrons. The summed E-state index contributed by atoms with van der Waals surface area (Å²) in [4.78, 5) is 22.5. The molecule has 1 atom stereocenters. The van der Waals surface area contributed by atoms with Crippen LogP contribution in [0.2, 0.25) is 0 Å². The standard InChI is InChI=1S/C13H18N2O3/c1-9(6-7-12(14)16)15-13(17)10-4-3-5-11(8-10)18-2/h3-5,8-9H,6-7H2,1-2H3,(H2,14,16)(H,15,17). The highest BCUT2D eigenvalue weighted by Gasteiger charge is 2.11. The second-order valence-corrected chi connectivity index (χ2v) is 4.11. The lowest BCUT2D eigenvalue weighted by Gasteiger charge is -2.13. The van der Waals surface area contributed by atoms with Crippen LogP contribution >= 0.6 is 0 Å². The SMILES string of the molecule is COc1cccc(C(=O)NC(C)CCC(N)=O)c1. The number of primary amides is 1. The van der Waals surface area contributed by atoms with Crippen LogP contribution in [0, 0.1) is 0 Å². The largest absolute Gasteiger partial charge is 0.497 e. The topological polar surface area (TPSA) is 81.4 Å². The van der Waals surface area contributed by atoms with Crippen molar-refractivity contribution in [3.05, 3.63) is 29.8 Å². The van der Waals surface area contributed by atoms with Gasteiger partial charge in [0, 0.05) is 18.0 Å². The fraction of sp³-hybridized carbons (Fsp3) is 0.385. The fourth-order valence-electron chi connectivity index (χ4n) is 1.50. The van der Waals surface area contributed by atoms with Gasteiger partial charge in [0.05, 0.1) is 7.11 Å². The minimum atomic E-state index is -0.363. The Hall–Kier alpha value is -2.04. The van der Waals surface area contributed by atoms with Gasteiger partial charge < -0.3 is 15.8 Å². The first kappa shape index (κ1) is 14.0. The predicted molar refractivity (Wildman–Crippen MR) is 68.4 cm³/mol. The third-order valence-corrected chi connectivity index (χ3v) is 2.53. The van der Waals surface area contributed by atoms with Crippen molar-refractivity contribution in [2.24, 2.45) is 5.73 Å². The van der Waals surface area contributed by atoms with E-state index in [9.17, 15) is 9.59 Å². The predicted octanol–water partition coefficient (Wildman–Crippen LogP) is 1.08. The molecule has 1 rings (SSSR count). The number of carbonyl (C=O) groups excluding carboxylic acids is 2. The van der Waals surface area contributed by atoms with Crippen LogP contribution in [0.5, 0.6) is 5.75 Å². The molecule has 0 aromatic heterocycles. The molecule has 0 aliphatic rings.